The van der Waals surface area contributed by atoms with Gasteiger partial charge in [0.1, 0.15) is 5.75 Å². The average molecular weight is 421 g/mol. The monoisotopic (exact) mass is 421 g/mol. The Morgan fingerprint density at radius 3 is 2.65 bits per heavy atom. The molecule has 31 heavy (non-hydrogen) atoms. The first kappa shape index (κ1) is 22.1. The standard InChI is InChI=1S/C24H27N3O4/c1-3-13-25-24(30)20-7-5-6-8-21(20)26-23(29)17-15-22(28)27(16-17)18-9-11-19(12-10-18)31-14-4-2/h3,5-12,17H,1,4,13-16H2,2H3,(H,25,30)(H,26,29)/t17-/m1/s1. The minimum Gasteiger partial charge on any atom is -0.494 e. The highest BCUT2D eigenvalue weighted by molar-refractivity contribution is 6.07. The van der Waals surface area contributed by atoms with Crippen LogP contribution < -0.4 is 20.3 Å². The Morgan fingerprint density at radius 1 is 1.19 bits per heavy atom. The molecule has 0 aliphatic carbocycles. The Bertz CT molecular complexity index is 956. The molecule has 7 nitrogen and oxygen atoms in total. The number of para-hydroxylation sites is 1. The average Bonchev–Trinajstić information content (AvgIpc) is 3.18. The fourth-order valence-corrected chi connectivity index (χ4v) is 3.36. The highest BCUT2D eigenvalue weighted by Gasteiger charge is 2.35. The molecule has 162 valence electrons. The Morgan fingerprint density at radius 2 is 1.94 bits per heavy atom. The van der Waals surface area contributed by atoms with Gasteiger partial charge in [0.05, 0.1) is 23.8 Å². The van der Waals surface area contributed by atoms with Crippen molar-refractivity contribution in [1.82, 2.24) is 5.32 Å². The maximum absolute atomic E-state index is 12.8. The van der Waals surface area contributed by atoms with Crippen molar-refractivity contribution in [3.8, 4) is 5.75 Å². The summed E-state index contributed by atoms with van der Waals surface area (Å²) in [6, 6.07) is 14.1. The number of carbonyl (C=O) groups is 3. The lowest BCUT2D eigenvalue weighted by molar-refractivity contribution is -0.122. The van der Waals surface area contributed by atoms with E-state index in [2.05, 4.69) is 17.2 Å². The van der Waals surface area contributed by atoms with Crippen molar-refractivity contribution in [2.75, 3.05) is 29.9 Å². The summed E-state index contributed by atoms with van der Waals surface area (Å²) in [4.78, 5) is 39.3. The molecule has 3 amide bonds. The highest BCUT2D eigenvalue weighted by atomic mass is 16.5. The minimum absolute atomic E-state index is 0.112. The normalized spacial score (nSPS) is 15.5. The summed E-state index contributed by atoms with van der Waals surface area (Å²) in [6.07, 6.45) is 2.62. The van der Waals surface area contributed by atoms with E-state index >= 15 is 0 Å². The maximum atomic E-state index is 12.8. The van der Waals surface area contributed by atoms with E-state index in [4.69, 9.17) is 4.74 Å². The Balaban J connectivity index is 1.66. The third-order valence-electron chi connectivity index (χ3n) is 4.95. The van der Waals surface area contributed by atoms with Crippen LogP contribution in [0.3, 0.4) is 0 Å². The number of nitrogens with one attached hydrogen (secondary N) is 2. The fourth-order valence-electron chi connectivity index (χ4n) is 3.36. The number of carbonyl (C=O) groups excluding carboxylic acids is 3. The molecule has 0 aromatic heterocycles. The molecule has 3 rings (SSSR count). The second kappa shape index (κ2) is 10.4. The summed E-state index contributed by atoms with van der Waals surface area (Å²) >= 11 is 0. The first-order valence-electron chi connectivity index (χ1n) is 10.4. The van der Waals surface area contributed by atoms with Crippen molar-refractivity contribution < 1.29 is 19.1 Å². The molecule has 7 heteroatoms. The maximum Gasteiger partial charge on any atom is 0.253 e. The van der Waals surface area contributed by atoms with Crippen molar-refractivity contribution in [3.63, 3.8) is 0 Å². The molecule has 0 bridgehead atoms. The molecule has 0 saturated carbocycles. The minimum atomic E-state index is -0.507. The van der Waals surface area contributed by atoms with Gasteiger partial charge < -0.3 is 20.3 Å². The van der Waals surface area contributed by atoms with E-state index in [0.29, 0.717) is 24.4 Å². The third-order valence-corrected chi connectivity index (χ3v) is 4.95. The van der Waals surface area contributed by atoms with Crippen molar-refractivity contribution in [2.24, 2.45) is 5.92 Å². The second-order valence-electron chi connectivity index (χ2n) is 7.28. The highest BCUT2D eigenvalue weighted by Crippen LogP contribution is 2.28. The molecule has 1 aliphatic heterocycles. The van der Waals surface area contributed by atoms with Gasteiger partial charge in [-0.2, -0.15) is 0 Å². The quantitative estimate of drug-likeness (QED) is 0.608. The van der Waals surface area contributed by atoms with Crippen LogP contribution >= 0.6 is 0 Å². The third kappa shape index (κ3) is 5.51. The molecule has 0 radical (unpaired) electrons. The van der Waals surface area contributed by atoms with Gasteiger partial charge in [0.2, 0.25) is 11.8 Å². The van der Waals surface area contributed by atoms with Gasteiger partial charge in [-0.3, -0.25) is 14.4 Å². The van der Waals surface area contributed by atoms with Gasteiger partial charge in [0, 0.05) is 25.2 Å². The molecule has 2 N–H and O–H groups in total. The zero-order valence-corrected chi connectivity index (χ0v) is 17.6. The first-order valence-corrected chi connectivity index (χ1v) is 10.4. The van der Waals surface area contributed by atoms with Crippen LogP contribution in [0.4, 0.5) is 11.4 Å². The number of anilines is 2. The lowest BCUT2D eigenvalue weighted by atomic mass is 10.1. The molecule has 1 aliphatic rings. The molecule has 0 spiro atoms. The summed E-state index contributed by atoms with van der Waals surface area (Å²) < 4.78 is 5.57. The summed E-state index contributed by atoms with van der Waals surface area (Å²) in [5, 5.41) is 5.51. The fraction of sp³-hybridized carbons (Fsp3) is 0.292. The summed E-state index contributed by atoms with van der Waals surface area (Å²) in [5.74, 6) is -0.460. The van der Waals surface area contributed by atoms with E-state index < -0.39 is 5.92 Å². The lowest BCUT2D eigenvalue weighted by Crippen LogP contribution is -2.29. The van der Waals surface area contributed by atoms with Gasteiger partial charge in [-0.25, -0.2) is 0 Å². The summed E-state index contributed by atoms with van der Waals surface area (Å²) in [6.45, 7) is 6.86. The predicted octanol–water partition coefficient (Wildman–Crippen LogP) is 3.38. The smallest absolute Gasteiger partial charge is 0.253 e. The van der Waals surface area contributed by atoms with E-state index in [1.54, 1.807) is 35.2 Å². The van der Waals surface area contributed by atoms with Crippen LogP contribution in [0.15, 0.2) is 61.2 Å². The molecular weight excluding hydrogens is 394 g/mol. The van der Waals surface area contributed by atoms with E-state index in [9.17, 15) is 14.4 Å². The number of benzene rings is 2. The van der Waals surface area contributed by atoms with Crippen LogP contribution in [0, 0.1) is 5.92 Å². The van der Waals surface area contributed by atoms with Gasteiger partial charge in [0.25, 0.3) is 5.91 Å². The summed E-state index contributed by atoms with van der Waals surface area (Å²) in [5.41, 5.74) is 1.51. The molecule has 1 fully saturated rings. The van der Waals surface area contributed by atoms with Crippen molar-refractivity contribution in [1.29, 1.82) is 0 Å². The van der Waals surface area contributed by atoms with Crippen molar-refractivity contribution in [3.05, 3.63) is 66.7 Å². The zero-order chi connectivity index (χ0) is 22.2. The number of ether oxygens (including phenoxy) is 1. The Kier molecular flexibility index (Phi) is 7.43. The number of nitrogens with zero attached hydrogens (tertiary/aromatic N) is 1. The SMILES string of the molecule is C=CCNC(=O)c1ccccc1NC(=O)[C@@H]1CC(=O)N(c2ccc(OCCC)cc2)C1. The topological polar surface area (TPSA) is 87.7 Å². The van der Waals surface area contributed by atoms with Crippen LogP contribution in [0.2, 0.25) is 0 Å². The van der Waals surface area contributed by atoms with E-state index in [-0.39, 0.29) is 30.7 Å². The number of amides is 3. The van der Waals surface area contributed by atoms with Crippen LogP contribution in [0.1, 0.15) is 30.1 Å². The molecule has 2 aromatic carbocycles. The van der Waals surface area contributed by atoms with Gasteiger partial charge in [-0.05, 0) is 42.8 Å². The van der Waals surface area contributed by atoms with Crippen LogP contribution in [-0.2, 0) is 9.59 Å². The molecule has 2 aromatic rings. The van der Waals surface area contributed by atoms with E-state index in [1.807, 2.05) is 31.2 Å². The lowest BCUT2D eigenvalue weighted by Gasteiger charge is -2.18. The van der Waals surface area contributed by atoms with Crippen molar-refractivity contribution in [2.45, 2.75) is 19.8 Å². The molecular formula is C24H27N3O4. The second-order valence-corrected chi connectivity index (χ2v) is 7.28. The van der Waals surface area contributed by atoms with E-state index in [1.165, 1.54) is 0 Å². The first-order chi connectivity index (χ1) is 15.0. The predicted molar refractivity (Wildman–Crippen MR) is 120 cm³/mol. The van der Waals surface area contributed by atoms with Crippen LogP contribution in [-0.4, -0.2) is 37.4 Å². The molecule has 1 heterocycles. The molecule has 1 atom stereocenters. The van der Waals surface area contributed by atoms with Gasteiger partial charge in [-0.15, -0.1) is 6.58 Å². The summed E-state index contributed by atoms with van der Waals surface area (Å²) in [7, 11) is 0. The molecule has 0 unspecified atom stereocenters. The van der Waals surface area contributed by atoms with Gasteiger partial charge in [-0.1, -0.05) is 25.1 Å². The largest absolute Gasteiger partial charge is 0.494 e. The zero-order valence-electron chi connectivity index (χ0n) is 17.6. The Labute approximate surface area is 182 Å². The van der Waals surface area contributed by atoms with Crippen LogP contribution in [0.5, 0.6) is 5.75 Å². The van der Waals surface area contributed by atoms with Crippen molar-refractivity contribution >= 4 is 29.1 Å². The number of rotatable bonds is 9. The number of hydrogen-bond acceptors (Lipinski definition) is 4. The Hall–Kier alpha value is -3.61. The molecule has 1 saturated heterocycles. The number of hydrogen-bond donors (Lipinski definition) is 2. The van der Waals surface area contributed by atoms with Crippen LogP contribution in [0.25, 0.3) is 0 Å². The van der Waals surface area contributed by atoms with E-state index in [0.717, 1.165) is 17.9 Å². The van der Waals surface area contributed by atoms with Gasteiger partial charge in [0.15, 0.2) is 0 Å². The van der Waals surface area contributed by atoms with Gasteiger partial charge >= 0.3 is 0 Å².